The molecule has 11 rings (SSSR count). The predicted octanol–water partition coefficient (Wildman–Crippen LogP) is 15.3. The Morgan fingerprint density at radius 2 is 1.00 bits per heavy atom. The van der Waals surface area contributed by atoms with Gasteiger partial charge in [0.1, 0.15) is 11.2 Å². The number of nitrogens with zero attached hydrogens (tertiary/aromatic N) is 1. The van der Waals surface area contributed by atoms with Crippen LogP contribution in [0.1, 0.15) is 76.3 Å². The van der Waals surface area contributed by atoms with Crippen LogP contribution in [0.4, 0.5) is 17.1 Å². The zero-order valence-electron chi connectivity index (χ0n) is 33.2. The predicted molar refractivity (Wildman–Crippen MR) is 237 cm³/mol. The first kappa shape index (κ1) is 33.2. The van der Waals surface area contributed by atoms with Crippen LogP contribution in [0.5, 0.6) is 0 Å². The van der Waals surface area contributed by atoms with E-state index in [4.69, 9.17) is 4.42 Å². The van der Waals surface area contributed by atoms with E-state index in [1.165, 1.54) is 83.0 Å². The molecule has 0 fully saturated rings. The summed E-state index contributed by atoms with van der Waals surface area (Å²) < 4.78 is 6.68. The van der Waals surface area contributed by atoms with Gasteiger partial charge in [0.15, 0.2) is 0 Å². The lowest BCUT2D eigenvalue weighted by atomic mass is 9.70. The normalized spacial score (nSPS) is 15.0. The summed E-state index contributed by atoms with van der Waals surface area (Å²) in [5.74, 6) is 0. The molecule has 0 spiro atoms. The smallest absolute Gasteiger partial charge is 0.137 e. The van der Waals surface area contributed by atoms with E-state index in [9.17, 15) is 0 Å². The average molecular weight is 724 g/mol. The molecule has 1 heterocycles. The third-order valence-electron chi connectivity index (χ3n) is 13.0. The lowest BCUT2D eigenvalue weighted by Crippen LogP contribution is -2.28. The van der Waals surface area contributed by atoms with Gasteiger partial charge in [-0.25, -0.2) is 0 Å². The average Bonchev–Trinajstić information content (AvgIpc) is 3.77. The zero-order valence-corrected chi connectivity index (χ0v) is 33.2. The largest absolute Gasteiger partial charge is 0.456 e. The number of furan rings is 1. The molecule has 0 amide bonds. The molecule has 0 N–H and O–H groups in total. The van der Waals surface area contributed by atoms with Crippen LogP contribution in [0.15, 0.2) is 150 Å². The highest BCUT2D eigenvalue weighted by Crippen LogP contribution is 2.66. The molecule has 2 heteroatoms. The van der Waals surface area contributed by atoms with Crippen LogP contribution in [0.25, 0.3) is 65.7 Å². The maximum Gasteiger partial charge on any atom is 0.137 e. The van der Waals surface area contributed by atoms with E-state index in [0.717, 1.165) is 27.6 Å². The number of anilines is 3. The molecule has 2 aliphatic rings. The van der Waals surface area contributed by atoms with Crippen molar-refractivity contribution < 1.29 is 4.42 Å². The molecule has 56 heavy (non-hydrogen) atoms. The highest BCUT2D eigenvalue weighted by atomic mass is 16.3. The minimum absolute atomic E-state index is 0.137. The topological polar surface area (TPSA) is 16.4 Å². The van der Waals surface area contributed by atoms with Crippen LogP contribution in [0.3, 0.4) is 0 Å². The maximum atomic E-state index is 6.68. The van der Waals surface area contributed by atoms with Crippen molar-refractivity contribution in [2.24, 2.45) is 0 Å². The Balaban J connectivity index is 1.38. The third kappa shape index (κ3) is 4.33. The summed E-state index contributed by atoms with van der Waals surface area (Å²) in [5.41, 5.74) is 17.1. The van der Waals surface area contributed by atoms with Gasteiger partial charge >= 0.3 is 0 Å². The molecule has 0 atom stereocenters. The van der Waals surface area contributed by atoms with E-state index in [1.54, 1.807) is 0 Å². The second kappa shape index (κ2) is 11.2. The fraction of sp³-hybridized carbons (Fsp3) is 0.185. The monoisotopic (exact) mass is 723 g/mol. The quantitative estimate of drug-likeness (QED) is 0.169. The number of fused-ring (bicyclic) bond motifs is 12. The van der Waals surface area contributed by atoms with E-state index in [0.29, 0.717) is 0 Å². The van der Waals surface area contributed by atoms with E-state index in [1.807, 2.05) is 0 Å². The Bertz CT molecular complexity index is 3040. The van der Waals surface area contributed by atoms with E-state index in [-0.39, 0.29) is 16.2 Å². The van der Waals surface area contributed by atoms with Gasteiger partial charge in [0, 0.05) is 38.7 Å². The van der Waals surface area contributed by atoms with E-state index >= 15 is 0 Å². The lowest BCUT2D eigenvalue weighted by Gasteiger charge is -2.39. The standard InChI is InChI=1S/C54H45NO/c1-52(2,3)48-46-39-23-12-15-25-41(39)53(4,5)49(46)51(50-47(48)40-24-13-16-26-42(40)54(50,6)7)55(33-28-29-38-37-22-14-17-27-44(37)56-45(38)31-33)43-30-32-18-8-9-19-34(32)35-20-10-11-21-36(35)43/h8-31H,1-7H3. The molecular formula is C54H45NO. The number of para-hydroxylation sites is 1. The van der Waals surface area contributed by atoms with Gasteiger partial charge in [-0.1, -0.05) is 164 Å². The fourth-order valence-corrected chi connectivity index (χ4v) is 10.7. The van der Waals surface area contributed by atoms with Crippen LogP contribution in [-0.2, 0) is 16.2 Å². The first-order valence-electron chi connectivity index (χ1n) is 20.0. The summed E-state index contributed by atoms with van der Waals surface area (Å²) in [5, 5.41) is 7.23. The van der Waals surface area contributed by atoms with Crippen molar-refractivity contribution in [3.8, 4) is 22.3 Å². The van der Waals surface area contributed by atoms with Crippen LogP contribution in [-0.4, -0.2) is 0 Å². The molecule has 272 valence electrons. The minimum Gasteiger partial charge on any atom is -0.456 e. The van der Waals surface area contributed by atoms with Crippen LogP contribution in [0, 0.1) is 0 Å². The molecule has 0 unspecified atom stereocenters. The van der Waals surface area contributed by atoms with Gasteiger partial charge in [0.2, 0.25) is 0 Å². The van der Waals surface area contributed by atoms with Crippen molar-refractivity contribution in [2.75, 3.05) is 4.90 Å². The summed E-state index contributed by atoms with van der Waals surface area (Å²) in [4.78, 5) is 2.63. The van der Waals surface area contributed by atoms with Crippen LogP contribution < -0.4 is 4.90 Å². The van der Waals surface area contributed by atoms with Crippen LogP contribution in [0.2, 0.25) is 0 Å². The van der Waals surface area contributed by atoms with Crippen molar-refractivity contribution in [3.63, 3.8) is 0 Å². The Morgan fingerprint density at radius 1 is 0.482 bits per heavy atom. The van der Waals surface area contributed by atoms with Crippen molar-refractivity contribution in [3.05, 3.63) is 173 Å². The first-order chi connectivity index (χ1) is 27.0. The van der Waals surface area contributed by atoms with Crippen LogP contribution >= 0.6 is 0 Å². The molecule has 2 nitrogen and oxygen atoms in total. The number of rotatable bonds is 3. The van der Waals surface area contributed by atoms with Gasteiger partial charge in [0.25, 0.3) is 0 Å². The van der Waals surface area contributed by atoms with Crippen molar-refractivity contribution in [2.45, 2.75) is 64.7 Å². The van der Waals surface area contributed by atoms with Gasteiger partial charge in [-0.2, -0.15) is 0 Å². The molecule has 0 aliphatic heterocycles. The Hall–Kier alpha value is -6.12. The van der Waals surface area contributed by atoms with Gasteiger partial charge in [-0.3, -0.25) is 0 Å². The SMILES string of the molecule is CC(C)(C)c1c2c(c(N(c3ccc4c(c3)oc3ccccc34)c3cc4ccccc4c4ccccc34)c3c1-c1ccccc1C3(C)C)C(C)(C)c1ccccc1-2. The second-order valence-electron chi connectivity index (χ2n) is 18.1. The highest BCUT2D eigenvalue weighted by Gasteiger charge is 2.50. The summed E-state index contributed by atoms with van der Waals surface area (Å²) in [6.07, 6.45) is 0. The lowest BCUT2D eigenvalue weighted by molar-refractivity contribution is 0.587. The molecule has 0 bridgehead atoms. The number of benzene rings is 8. The van der Waals surface area contributed by atoms with Gasteiger partial charge in [-0.05, 0) is 95.9 Å². The zero-order chi connectivity index (χ0) is 38.3. The van der Waals surface area contributed by atoms with Gasteiger partial charge in [0.05, 0.1) is 11.4 Å². The third-order valence-corrected chi connectivity index (χ3v) is 13.0. The van der Waals surface area contributed by atoms with E-state index < -0.39 is 0 Å². The summed E-state index contributed by atoms with van der Waals surface area (Å²) >= 11 is 0. The van der Waals surface area contributed by atoms with Gasteiger partial charge < -0.3 is 9.32 Å². The minimum atomic E-state index is -0.296. The van der Waals surface area contributed by atoms with Gasteiger partial charge in [-0.15, -0.1) is 0 Å². The highest BCUT2D eigenvalue weighted by molar-refractivity contribution is 6.16. The molecule has 0 saturated heterocycles. The molecule has 0 saturated carbocycles. The first-order valence-corrected chi connectivity index (χ1v) is 20.0. The molecule has 8 aromatic carbocycles. The Labute approximate surface area is 329 Å². The fourth-order valence-electron chi connectivity index (χ4n) is 10.7. The molecule has 1 aromatic heterocycles. The van der Waals surface area contributed by atoms with Crippen molar-refractivity contribution in [1.29, 1.82) is 0 Å². The van der Waals surface area contributed by atoms with Crippen molar-refractivity contribution >= 4 is 60.5 Å². The summed E-state index contributed by atoms with van der Waals surface area (Å²) in [6.45, 7) is 17.0. The van der Waals surface area contributed by atoms with E-state index in [2.05, 4.69) is 199 Å². The maximum absolute atomic E-state index is 6.68. The molecule has 2 aliphatic carbocycles. The number of hydrogen-bond acceptors (Lipinski definition) is 2. The molecule has 9 aromatic rings. The Kier molecular flexibility index (Phi) is 6.67. The second-order valence-corrected chi connectivity index (χ2v) is 18.1. The molecule has 0 radical (unpaired) electrons. The number of hydrogen-bond donors (Lipinski definition) is 0. The molecular weight excluding hydrogens is 679 g/mol. The summed E-state index contributed by atoms with van der Waals surface area (Å²) in [6, 6.07) is 53.9. The summed E-state index contributed by atoms with van der Waals surface area (Å²) in [7, 11) is 0. The van der Waals surface area contributed by atoms with Crippen molar-refractivity contribution in [1.82, 2.24) is 0 Å². The Morgan fingerprint density at radius 3 is 1.64 bits per heavy atom.